The van der Waals surface area contributed by atoms with Crippen LogP contribution in [0.2, 0.25) is 0 Å². The van der Waals surface area contributed by atoms with Gasteiger partial charge in [0.25, 0.3) is 5.91 Å². The fraction of sp³-hybridized carbons (Fsp3) is 0.471. The summed E-state index contributed by atoms with van der Waals surface area (Å²) >= 11 is 0. The minimum atomic E-state index is -0.764. The van der Waals surface area contributed by atoms with E-state index in [2.05, 4.69) is 21.5 Å². The van der Waals surface area contributed by atoms with Gasteiger partial charge in [-0.15, -0.1) is 0 Å². The zero-order valence-corrected chi connectivity index (χ0v) is 14.4. The number of rotatable bonds is 8. The first kappa shape index (κ1) is 18.4. The van der Waals surface area contributed by atoms with Crippen LogP contribution in [0, 0.1) is 17.2 Å². The number of hydrogen-bond donors (Lipinski definition) is 2. The quantitative estimate of drug-likeness (QED) is 0.700. The number of hydrogen-bond acceptors (Lipinski definition) is 5. The topological polar surface area (TPSA) is 127 Å². The Kier molecular flexibility index (Phi) is 6.06. The zero-order chi connectivity index (χ0) is 18.4. The molecule has 25 heavy (non-hydrogen) atoms. The zero-order valence-electron chi connectivity index (χ0n) is 14.4. The Hall–Kier alpha value is -2.95. The number of carbonyl (C=O) groups excluding carboxylic acids is 2. The van der Waals surface area contributed by atoms with Crippen LogP contribution >= 0.6 is 0 Å². The van der Waals surface area contributed by atoms with Crippen molar-refractivity contribution in [3.05, 3.63) is 24.0 Å². The van der Waals surface area contributed by atoms with Crippen molar-refractivity contribution < 1.29 is 9.59 Å². The lowest BCUT2D eigenvalue weighted by Gasteiger charge is -2.18. The molecule has 0 aliphatic rings. The molecular formula is C17H22N6O2. The number of fused-ring (bicyclic) bond motifs is 1. The van der Waals surface area contributed by atoms with Crippen LogP contribution in [0.3, 0.4) is 0 Å². The van der Waals surface area contributed by atoms with Crippen molar-refractivity contribution in [1.29, 1.82) is 5.26 Å². The van der Waals surface area contributed by atoms with Crippen molar-refractivity contribution in [2.45, 2.75) is 45.7 Å². The SMILES string of the molecule is CC(C)C(NC(=O)c1nn(CCCCC#N)c2ncccc12)C(N)=O. The third kappa shape index (κ3) is 4.32. The van der Waals surface area contributed by atoms with Crippen molar-refractivity contribution in [3.8, 4) is 6.07 Å². The monoisotopic (exact) mass is 342 g/mol. The largest absolute Gasteiger partial charge is 0.368 e. The molecule has 0 fully saturated rings. The van der Waals surface area contributed by atoms with E-state index in [1.54, 1.807) is 23.0 Å². The van der Waals surface area contributed by atoms with Crippen molar-refractivity contribution >= 4 is 22.8 Å². The normalized spacial score (nSPS) is 12.1. The van der Waals surface area contributed by atoms with E-state index >= 15 is 0 Å². The van der Waals surface area contributed by atoms with Crippen LogP contribution in [0.5, 0.6) is 0 Å². The first-order valence-electron chi connectivity index (χ1n) is 8.24. The molecule has 0 bridgehead atoms. The Balaban J connectivity index is 2.27. The van der Waals surface area contributed by atoms with E-state index in [1.807, 2.05) is 13.8 Å². The Bertz CT molecular complexity index is 805. The van der Waals surface area contributed by atoms with E-state index in [1.165, 1.54) is 0 Å². The molecule has 0 saturated carbocycles. The average molecular weight is 342 g/mol. The van der Waals surface area contributed by atoms with Gasteiger partial charge in [0.1, 0.15) is 6.04 Å². The summed E-state index contributed by atoms with van der Waals surface area (Å²) in [7, 11) is 0. The molecule has 3 N–H and O–H groups in total. The fourth-order valence-electron chi connectivity index (χ4n) is 2.57. The number of unbranched alkanes of at least 4 members (excludes halogenated alkanes) is 2. The summed E-state index contributed by atoms with van der Waals surface area (Å²) in [5.41, 5.74) is 6.18. The van der Waals surface area contributed by atoms with Gasteiger partial charge in [-0.1, -0.05) is 13.8 Å². The smallest absolute Gasteiger partial charge is 0.273 e. The third-order valence-corrected chi connectivity index (χ3v) is 3.89. The summed E-state index contributed by atoms with van der Waals surface area (Å²) in [6, 6.07) is 4.84. The summed E-state index contributed by atoms with van der Waals surface area (Å²) < 4.78 is 1.66. The van der Waals surface area contributed by atoms with E-state index in [-0.39, 0.29) is 11.6 Å². The van der Waals surface area contributed by atoms with Crippen LogP contribution in [0.4, 0.5) is 0 Å². The predicted molar refractivity (Wildman–Crippen MR) is 92.3 cm³/mol. The summed E-state index contributed by atoms with van der Waals surface area (Å²) in [5, 5.41) is 16.2. The molecule has 2 heterocycles. The molecule has 2 aromatic rings. The van der Waals surface area contributed by atoms with Crippen LogP contribution in [-0.4, -0.2) is 32.6 Å². The highest BCUT2D eigenvalue weighted by molar-refractivity contribution is 6.05. The van der Waals surface area contributed by atoms with Gasteiger partial charge in [-0.05, 0) is 30.9 Å². The van der Waals surface area contributed by atoms with E-state index in [0.29, 0.717) is 24.0 Å². The average Bonchev–Trinajstić information content (AvgIpc) is 2.95. The molecule has 2 rings (SSSR count). The van der Waals surface area contributed by atoms with Gasteiger partial charge in [0.05, 0.1) is 11.5 Å². The highest BCUT2D eigenvalue weighted by atomic mass is 16.2. The Labute approximate surface area is 146 Å². The van der Waals surface area contributed by atoms with E-state index in [9.17, 15) is 9.59 Å². The summed E-state index contributed by atoms with van der Waals surface area (Å²) in [6.45, 7) is 4.18. The number of nitrogens with one attached hydrogen (secondary N) is 1. The van der Waals surface area contributed by atoms with Gasteiger partial charge in [-0.25, -0.2) is 9.67 Å². The second-order valence-electron chi connectivity index (χ2n) is 6.16. The highest BCUT2D eigenvalue weighted by Gasteiger charge is 2.25. The van der Waals surface area contributed by atoms with Crippen LogP contribution in [0.1, 0.15) is 43.6 Å². The number of nitrogens with zero attached hydrogens (tertiary/aromatic N) is 4. The molecule has 0 saturated heterocycles. The number of amides is 2. The molecule has 1 unspecified atom stereocenters. The maximum atomic E-state index is 12.6. The molecule has 0 aromatic carbocycles. The summed E-state index contributed by atoms with van der Waals surface area (Å²) in [6.07, 6.45) is 3.63. The second-order valence-corrected chi connectivity index (χ2v) is 6.16. The van der Waals surface area contributed by atoms with Gasteiger partial charge in [-0.2, -0.15) is 10.4 Å². The van der Waals surface area contributed by atoms with Crippen molar-refractivity contribution in [1.82, 2.24) is 20.1 Å². The molecule has 8 heteroatoms. The number of pyridine rings is 1. The van der Waals surface area contributed by atoms with Crippen molar-refractivity contribution in [3.63, 3.8) is 0 Å². The molecule has 0 radical (unpaired) electrons. The number of primary amides is 1. The van der Waals surface area contributed by atoms with Crippen LogP contribution < -0.4 is 11.1 Å². The van der Waals surface area contributed by atoms with Gasteiger partial charge in [0, 0.05) is 19.2 Å². The summed E-state index contributed by atoms with van der Waals surface area (Å²) in [4.78, 5) is 28.4. The Morgan fingerprint density at radius 2 is 2.16 bits per heavy atom. The first-order valence-corrected chi connectivity index (χ1v) is 8.24. The highest BCUT2D eigenvalue weighted by Crippen LogP contribution is 2.17. The van der Waals surface area contributed by atoms with Gasteiger partial charge >= 0.3 is 0 Å². The van der Waals surface area contributed by atoms with Crippen molar-refractivity contribution in [2.24, 2.45) is 11.7 Å². The lowest BCUT2D eigenvalue weighted by atomic mass is 10.0. The number of nitriles is 1. The molecule has 0 spiro atoms. The molecular weight excluding hydrogens is 320 g/mol. The number of nitrogens with two attached hydrogens (primary N) is 1. The van der Waals surface area contributed by atoms with Gasteiger partial charge in [-0.3, -0.25) is 9.59 Å². The van der Waals surface area contributed by atoms with Crippen LogP contribution in [0.25, 0.3) is 11.0 Å². The Morgan fingerprint density at radius 3 is 2.80 bits per heavy atom. The van der Waals surface area contributed by atoms with E-state index < -0.39 is 17.9 Å². The third-order valence-electron chi connectivity index (χ3n) is 3.89. The molecule has 2 amide bonds. The maximum absolute atomic E-state index is 12.6. The van der Waals surface area contributed by atoms with Crippen molar-refractivity contribution in [2.75, 3.05) is 0 Å². The minimum absolute atomic E-state index is 0.126. The number of aryl methyl sites for hydroxylation is 1. The number of carbonyl (C=O) groups is 2. The van der Waals surface area contributed by atoms with E-state index in [4.69, 9.17) is 11.0 Å². The van der Waals surface area contributed by atoms with Gasteiger partial charge < -0.3 is 11.1 Å². The molecule has 2 aromatic heterocycles. The second kappa shape index (κ2) is 8.24. The number of aromatic nitrogens is 3. The van der Waals surface area contributed by atoms with Crippen LogP contribution in [-0.2, 0) is 11.3 Å². The van der Waals surface area contributed by atoms with Gasteiger partial charge in [0.15, 0.2) is 11.3 Å². The first-order chi connectivity index (χ1) is 12.0. The Morgan fingerprint density at radius 1 is 1.40 bits per heavy atom. The molecule has 132 valence electrons. The van der Waals surface area contributed by atoms with Crippen LogP contribution in [0.15, 0.2) is 18.3 Å². The maximum Gasteiger partial charge on any atom is 0.273 e. The lowest BCUT2D eigenvalue weighted by Crippen LogP contribution is -2.47. The van der Waals surface area contributed by atoms with E-state index in [0.717, 1.165) is 12.8 Å². The summed E-state index contributed by atoms with van der Waals surface area (Å²) in [5.74, 6) is -1.16. The standard InChI is InChI=1S/C17H22N6O2/c1-11(2)13(15(19)24)21-17(25)14-12-7-6-9-20-16(12)23(22-14)10-5-3-4-8-18/h6-7,9,11,13H,3-5,10H2,1-2H3,(H2,19,24)(H,21,25). The molecule has 8 nitrogen and oxygen atoms in total. The fourth-order valence-corrected chi connectivity index (χ4v) is 2.57. The predicted octanol–water partition coefficient (Wildman–Crippen LogP) is 1.36. The molecule has 1 atom stereocenters. The van der Waals surface area contributed by atoms with Gasteiger partial charge in [0.2, 0.25) is 5.91 Å². The molecule has 0 aliphatic heterocycles. The molecule has 0 aliphatic carbocycles. The lowest BCUT2D eigenvalue weighted by molar-refractivity contribution is -0.120. The minimum Gasteiger partial charge on any atom is -0.368 e.